The van der Waals surface area contributed by atoms with Crippen molar-refractivity contribution in [3.05, 3.63) is 46.7 Å². The van der Waals surface area contributed by atoms with Gasteiger partial charge in [-0.15, -0.1) is 0 Å². The Labute approximate surface area is 115 Å². The molecule has 0 bridgehead atoms. The molecule has 98 valence electrons. The molecule has 0 N–H and O–H groups in total. The fourth-order valence-electron chi connectivity index (χ4n) is 1.58. The van der Waals surface area contributed by atoms with Crippen LogP contribution in [0.4, 0.5) is 0 Å². The van der Waals surface area contributed by atoms with E-state index in [4.69, 9.17) is 11.6 Å². The average Bonchev–Trinajstić information content (AvgIpc) is 2.86. The highest BCUT2D eigenvalue weighted by molar-refractivity contribution is 6.32. The number of rotatable bonds is 3. The minimum absolute atomic E-state index is 0.181. The third kappa shape index (κ3) is 2.66. The van der Waals surface area contributed by atoms with E-state index in [1.807, 2.05) is 0 Å². The molecule has 0 spiro atoms. The van der Waals surface area contributed by atoms with Crippen LogP contribution in [0.15, 0.2) is 30.5 Å². The summed E-state index contributed by atoms with van der Waals surface area (Å²) in [5, 5.41) is 4.57. The summed E-state index contributed by atoms with van der Waals surface area (Å²) in [7, 11) is 3.32. The first kappa shape index (κ1) is 13.3. The topological polar surface area (TPSA) is 55.2 Å². The molecule has 0 saturated heterocycles. The molecule has 0 fully saturated rings. The Morgan fingerprint density at radius 2 is 2.11 bits per heavy atom. The Balaban J connectivity index is 2.38. The monoisotopic (exact) mass is 277 g/mol. The molecular weight excluding hydrogens is 266 g/mol. The number of benzene rings is 1. The van der Waals surface area contributed by atoms with E-state index in [2.05, 4.69) is 5.10 Å². The number of aldehydes is 1. The minimum Gasteiger partial charge on any atom is -0.343 e. The first-order chi connectivity index (χ1) is 9.02. The fourth-order valence-corrected chi connectivity index (χ4v) is 1.86. The zero-order valence-corrected chi connectivity index (χ0v) is 11.3. The van der Waals surface area contributed by atoms with Crippen LogP contribution in [-0.4, -0.2) is 41.0 Å². The normalized spacial score (nSPS) is 10.3. The Kier molecular flexibility index (Phi) is 3.66. The lowest BCUT2D eigenvalue weighted by molar-refractivity contribution is 0.0821. The van der Waals surface area contributed by atoms with Crippen LogP contribution >= 0.6 is 11.6 Å². The number of hydrogen-bond donors (Lipinski definition) is 0. The second-order valence-electron chi connectivity index (χ2n) is 4.17. The molecular formula is C13H12ClN3O2. The van der Waals surface area contributed by atoms with Crippen LogP contribution in [0.5, 0.6) is 0 Å². The molecule has 0 aliphatic rings. The van der Waals surface area contributed by atoms with E-state index in [1.54, 1.807) is 44.6 Å². The van der Waals surface area contributed by atoms with Crippen molar-refractivity contribution < 1.29 is 9.59 Å². The van der Waals surface area contributed by atoms with E-state index in [0.717, 1.165) is 6.29 Å². The van der Waals surface area contributed by atoms with Gasteiger partial charge in [0.1, 0.15) is 6.29 Å². The summed E-state index contributed by atoms with van der Waals surface area (Å²) in [6, 6.07) is 6.50. The fraction of sp³-hybridized carbons (Fsp3) is 0.154. The first-order valence-corrected chi connectivity index (χ1v) is 5.93. The molecule has 1 heterocycles. The van der Waals surface area contributed by atoms with E-state index in [9.17, 15) is 9.59 Å². The van der Waals surface area contributed by atoms with Crippen LogP contribution in [0.25, 0.3) is 5.69 Å². The van der Waals surface area contributed by atoms with E-state index < -0.39 is 0 Å². The summed E-state index contributed by atoms with van der Waals surface area (Å²) >= 11 is 6.08. The first-order valence-electron chi connectivity index (χ1n) is 5.55. The van der Waals surface area contributed by atoms with Gasteiger partial charge in [-0.2, -0.15) is 5.10 Å². The molecule has 0 radical (unpaired) electrons. The Morgan fingerprint density at radius 3 is 2.68 bits per heavy atom. The lowest BCUT2D eigenvalue weighted by atomic mass is 10.2. The van der Waals surface area contributed by atoms with Gasteiger partial charge in [0.15, 0.2) is 5.69 Å². The van der Waals surface area contributed by atoms with Crippen molar-refractivity contribution in [1.29, 1.82) is 0 Å². The molecule has 19 heavy (non-hydrogen) atoms. The van der Waals surface area contributed by atoms with Crippen molar-refractivity contribution in [1.82, 2.24) is 14.7 Å². The largest absolute Gasteiger partial charge is 0.343 e. The number of aromatic nitrogens is 2. The second kappa shape index (κ2) is 5.24. The highest BCUT2D eigenvalue weighted by atomic mass is 35.5. The molecule has 1 aromatic heterocycles. The van der Waals surface area contributed by atoms with Gasteiger partial charge in [0, 0.05) is 25.9 Å². The third-order valence-electron chi connectivity index (χ3n) is 2.57. The summed E-state index contributed by atoms with van der Waals surface area (Å²) in [5.74, 6) is -0.181. The molecule has 6 heteroatoms. The van der Waals surface area contributed by atoms with E-state index in [0.29, 0.717) is 22.0 Å². The summed E-state index contributed by atoms with van der Waals surface area (Å²) < 4.78 is 1.51. The molecule has 0 aliphatic heterocycles. The van der Waals surface area contributed by atoms with E-state index in [1.165, 1.54) is 9.58 Å². The molecule has 0 atom stereocenters. The zero-order valence-electron chi connectivity index (χ0n) is 10.5. The molecule has 0 saturated carbocycles. The molecule has 1 aromatic carbocycles. The van der Waals surface area contributed by atoms with Gasteiger partial charge in [0.25, 0.3) is 5.91 Å². The SMILES string of the molecule is CN(C)C(=O)c1ccn(-c2ccc(C=O)cc2Cl)n1. The van der Waals surface area contributed by atoms with Crippen molar-refractivity contribution in [3.63, 3.8) is 0 Å². The smallest absolute Gasteiger partial charge is 0.273 e. The quantitative estimate of drug-likeness (QED) is 0.807. The van der Waals surface area contributed by atoms with Crippen LogP contribution < -0.4 is 0 Å². The predicted octanol–water partition coefficient (Wildman–Crippen LogP) is 2.04. The average molecular weight is 278 g/mol. The number of amides is 1. The highest BCUT2D eigenvalue weighted by Gasteiger charge is 2.13. The number of nitrogens with zero attached hydrogens (tertiary/aromatic N) is 3. The van der Waals surface area contributed by atoms with Gasteiger partial charge >= 0.3 is 0 Å². The molecule has 0 unspecified atom stereocenters. The number of carbonyl (C=O) groups excluding carboxylic acids is 2. The van der Waals surface area contributed by atoms with Gasteiger partial charge in [0.05, 0.1) is 10.7 Å². The maximum atomic E-state index is 11.7. The van der Waals surface area contributed by atoms with Crippen molar-refractivity contribution in [2.75, 3.05) is 14.1 Å². The lowest BCUT2D eigenvalue weighted by Gasteiger charge is -2.07. The summed E-state index contributed by atoms with van der Waals surface area (Å²) in [4.78, 5) is 23.8. The van der Waals surface area contributed by atoms with Crippen molar-refractivity contribution in [2.45, 2.75) is 0 Å². The van der Waals surface area contributed by atoms with Gasteiger partial charge in [0.2, 0.25) is 0 Å². The number of carbonyl (C=O) groups is 2. The van der Waals surface area contributed by atoms with Gasteiger partial charge < -0.3 is 4.90 Å². The van der Waals surface area contributed by atoms with E-state index in [-0.39, 0.29) is 5.91 Å². The molecule has 0 aliphatic carbocycles. The standard InChI is InChI=1S/C13H12ClN3O2/c1-16(2)13(19)11-5-6-17(15-11)12-4-3-9(8-18)7-10(12)14/h3-8H,1-2H3. The molecule has 1 amide bonds. The lowest BCUT2D eigenvalue weighted by Crippen LogP contribution is -2.22. The third-order valence-corrected chi connectivity index (χ3v) is 2.87. The second-order valence-corrected chi connectivity index (χ2v) is 4.58. The molecule has 2 aromatic rings. The Hall–Kier alpha value is -2.14. The number of hydrogen-bond acceptors (Lipinski definition) is 3. The Bertz CT molecular complexity index is 635. The van der Waals surface area contributed by atoms with Crippen molar-refractivity contribution in [2.24, 2.45) is 0 Å². The van der Waals surface area contributed by atoms with Gasteiger partial charge in [-0.3, -0.25) is 9.59 Å². The van der Waals surface area contributed by atoms with Gasteiger partial charge in [-0.25, -0.2) is 4.68 Å². The minimum atomic E-state index is -0.181. The van der Waals surface area contributed by atoms with E-state index >= 15 is 0 Å². The summed E-state index contributed by atoms with van der Waals surface area (Å²) in [6.45, 7) is 0. The van der Waals surface area contributed by atoms with Crippen molar-refractivity contribution in [3.8, 4) is 5.69 Å². The highest BCUT2D eigenvalue weighted by Crippen LogP contribution is 2.21. The van der Waals surface area contributed by atoms with Crippen LogP contribution in [0.2, 0.25) is 5.02 Å². The van der Waals surface area contributed by atoms with Crippen LogP contribution in [0, 0.1) is 0 Å². The zero-order chi connectivity index (χ0) is 14.0. The summed E-state index contributed by atoms with van der Waals surface area (Å²) in [5.41, 5.74) is 1.44. The van der Waals surface area contributed by atoms with Gasteiger partial charge in [-0.1, -0.05) is 11.6 Å². The van der Waals surface area contributed by atoms with Crippen LogP contribution in [0.3, 0.4) is 0 Å². The van der Waals surface area contributed by atoms with Gasteiger partial charge in [-0.05, 0) is 24.3 Å². The van der Waals surface area contributed by atoms with Crippen LogP contribution in [0.1, 0.15) is 20.8 Å². The maximum absolute atomic E-state index is 11.7. The van der Waals surface area contributed by atoms with Crippen LogP contribution in [-0.2, 0) is 0 Å². The predicted molar refractivity (Wildman–Crippen MR) is 72.0 cm³/mol. The van der Waals surface area contributed by atoms with Crippen molar-refractivity contribution >= 4 is 23.8 Å². The molecule has 5 nitrogen and oxygen atoms in total. The maximum Gasteiger partial charge on any atom is 0.273 e. The summed E-state index contributed by atoms with van der Waals surface area (Å²) in [6.07, 6.45) is 2.37. The molecule has 2 rings (SSSR count). The number of halogens is 1. The Morgan fingerprint density at radius 1 is 1.37 bits per heavy atom.